The molecule has 2 aromatic heterocycles. The molecule has 2 heterocycles. The molecule has 0 aliphatic carbocycles. The van der Waals surface area contributed by atoms with Gasteiger partial charge in [0.1, 0.15) is 11.6 Å². The number of para-hydroxylation sites is 4. The lowest BCUT2D eigenvalue weighted by Crippen LogP contribution is -1.87. The average molecular weight is 463 g/mol. The summed E-state index contributed by atoms with van der Waals surface area (Å²) < 4.78 is 0. The normalized spacial score (nSPS) is 8.74. The Morgan fingerprint density at radius 1 is 0.839 bits per heavy atom. The largest absolute Gasteiger partial charge is 0.342 e. The molecule has 0 aliphatic heterocycles. The van der Waals surface area contributed by atoms with Crippen LogP contribution in [0.15, 0.2) is 61.2 Å². The first-order valence-corrected chi connectivity index (χ1v) is 10.7. The minimum atomic E-state index is 0. The van der Waals surface area contributed by atoms with Crippen LogP contribution in [-0.2, 0) is 6.42 Å². The number of allylic oxidation sites excluding steroid dienone is 1. The Morgan fingerprint density at radius 3 is 1.77 bits per heavy atom. The average Bonchev–Trinajstić information content (AvgIpc) is 3.28. The van der Waals surface area contributed by atoms with Crippen molar-refractivity contribution in [2.24, 2.45) is 0 Å². The number of imidazole rings is 2. The molecular weight excluding hydrogens is 418 g/mol. The van der Waals surface area contributed by atoms with Gasteiger partial charge in [0, 0.05) is 6.42 Å². The van der Waals surface area contributed by atoms with E-state index in [2.05, 4.69) is 51.1 Å². The molecule has 4 nitrogen and oxygen atoms in total. The fourth-order valence-electron chi connectivity index (χ4n) is 2.47. The van der Waals surface area contributed by atoms with E-state index in [1.54, 1.807) is 0 Å². The van der Waals surface area contributed by atoms with Gasteiger partial charge in [-0.1, -0.05) is 60.0 Å². The Labute approximate surface area is 195 Å². The Kier molecular flexibility index (Phi) is 20.3. The topological polar surface area (TPSA) is 57.4 Å². The SMILES string of the molecule is C.C.C.C.C=CCP.Cc1nc2ccccc2[nH]1.PCCCc1nc2ccccc2[nH]1. The summed E-state index contributed by atoms with van der Waals surface area (Å²) in [7, 11) is 5.27. The van der Waals surface area contributed by atoms with Gasteiger partial charge in [-0.25, -0.2) is 9.97 Å². The lowest BCUT2D eigenvalue weighted by Gasteiger charge is -1.90. The second kappa shape index (κ2) is 18.7. The van der Waals surface area contributed by atoms with Crippen molar-refractivity contribution in [2.75, 3.05) is 12.3 Å². The van der Waals surface area contributed by atoms with Crippen LogP contribution in [0.4, 0.5) is 0 Å². The molecule has 0 bridgehead atoms. The maximum atomic E-state index is 4.49. The van der Waals surface area contributed by atoms with Crippen LogP contribution >= 0.6 is 18.5 Å². The van der Waals surface area contributed by atoms with Crippen LogP contribution in [0.1, 0.15) is 47.8 Å². The quantitative estimate of drug-likeness (QED) is 0.240. The van der Waals surface area contributed by atoms with E-state index in [1.165, 1.54) is 6.42 Å². The van der Waals surface area contributed by atoms with Gasteiger partial charge in [0.25, 0.3) is 0 Å². The maximum Gasteiger partial charge on any atom is 0.107 e. The fraction of sp³-hybridized carbons (Fsp3) is 0.360. The van der Waals surface area contributed by atoms with Gasteiger partial charge in [0.2, 0.25) is 0 Å². The summed E-state index contributed by atoms with van der Waals surface area (Å²) in [5.74, 6) is 2.07. The zero-order chi connectivity index (χ0) is 19.5. The number of fused-ring (bicyclic) bond motifs is 2. The summed E-state index contributed by atoms with van der Waals surface area (Å²) in [6, 6.07) is 16.2. The van der Waals surface area contributed by atoms with Gasteiger partial charge >= 0.3 is 0 Å². The maximum absolute atomic E-state index is 4.49. The number of nitrogens with zero attached hydrogens (tertiary/aromatic N) is 2. The predicted molar refractivity (Wildman–Crippen MR) is 152 cm³/mol. The molecule has 31 heavy (non-hydrogen) atoms. The van der Waals surface area contributed by atoms with Gasteiger partial charge in [-0.2, -0.15) is 0 Å². The van der Waals surface area contributed by atoms with Crippen molar-refractivity contribution >= 4 is 40.5 Å². The number of aromatic nitrogens is 4. The van der Waals surface area contributed by atoms with Crippen LogP contribution in [0.2, 0.25) is 0 Å². The molecule has 0 saturated heterocycles. The molecule has 6 heteroatoms. The van der Waals surface area contributed by atoms with Crippen molar-refractivity contribution in [1.29, 1.82) is 0 Å². The van der Waals surface area contributed by atoms with E-state index < -0.39 is 0 Å². The Hall–Kier alpha value is -2.02. The first kappa shape index (κ1) is 33.6. The summed E-state index contributed by atoms with van der Waals surface area (Å²) in [6.45, 7) is 5.42. The Balaban J connectivity index is -0.000000396. The lowest BCUT2D eigenvalue weighted by molar-refractivity contribution is 0.870. The van der Waals surface area contributed by atoms with E-state index in [-0.39, 0.29) is 29.7 Å². The van der Waals surface area contributed by atoms with Crippen LogP contribution in [0.5, 0.6) is 0 Å². The van der Waals surface area contributed by atoms with Crippen molar-refractivity contribution in [3.63, 3.8) is 0 Å². The number of nitrogens with one attached hydrogen (secondary N) is 2. The van der Waals surface area contributed by atoms with E-state index in [0.717, 1.165) is 52.5 Å². The molecule has 0 fully saturated rings. The minimum absolute atomic E-state index is 0. The molecule has 174 valence electrons. The van der Waals surface area contributed by atoms with E-state index >= 15 is 0 Å². The number of aryl methyl sites for hydroxylation is 2. The molecule has 0 radical (unpaired) electrons. The summed E-state index contributed by atoms with van der Waals surface area (Å²) >= 11 is 0. The second-order valence-corrected chi connectivity index (χ2v) is 7.01. The summed E-state index contributed by atoms with van der Waals surface area (Å²) in [6.07, 6.45) is 6.18. The van der Waals surface area contributed by atoms with Crippen LogP contribution in [-0.4, -0.2) is 32.3 Å². The minimum Gasteiger partial charge on any atom is -0.342 e. The van der Waals surface area contributed by atoms with Gasteiger partial charge in [0.05, 0.1) is 22.1 Å². The van der Waals surface area contributed by atoms with Gasteiger partial charge in [0.15, 0.2) is 0 Å². The number of H-pyrrole nitrogens is 2. The van der Waals surface area contributed by atoms with E-state index in [4.69, 9.17) is 0 Å². The molecule has 2 aromatic carbocycles. The van der Waals surface area contributed by atoms with Crippen molar-refractivity contribution in [3.05, 3.63) is 72.8 Å². The summed E-state index contributed by atoms with van der Waals surface area (Å²) in [4.78, 5) is 15.2. The Bertz CT molecular complexity index is 894. The molecular formula is C25H44N4P2. The van der Waals surface area contributed by atoms with Crippen LogP contribution in [0.25, 0.3) is 22.1 Å². The number of benzene rings is 2. The molecule has 2 atom stereocenters. The zero-order valence-corrected chi connectivity index (χ0v) is 18.1. The third kappa shape index (κ3) is 11.2. The highest BCUT2D eigenvalue weighted by atomic mass is 31.0. The molecule has 0 amide bonds. The van der Waals surface area contributed by atoms with E-state index in [0.29, 0.717) is 0 Å². The molecule has 2 unspecified atom stereocenters. The van der Waals surface area contributed by atoms with Gasteiger partial charge in [-0.15, -0.1) is 25.1 Å². The number of aromatic amines is 2. The lowest BCUT2D eigenvalue weighted by atomic mass is 10.3. The highest BCUT2D eigenvalue weighted by Gasteiger charge is 1.99. The molecule has 0 aliphatic rings. The zero-order valence-electron chi connectivity index (χ0n) is 15.8. The molecule has 2 N–H and O–H groups in total. The summed E-state index contributed by atoms with van der Waals surface area (Å²) in [5.41, 5.74) is 4.36. The van der Waals surface area contributed by atoms with Crippen molar-refractivity contribution in [2.45, 2.75) is 49.5 Å². The Morgan fingerprint density at radius 2 is 1.32 bits per heavy atom. The van der Waals surface area contributed by atoms with Crippen LogP contribution < -0.4 is 0 Å². The molecule has 4 aromatic rings. The predicted octanol–water partition coefficient (Wildman–Crippen LogP) is 7.83. The number of rotatable bonds is 4. The molecule has 4 rings (SSSR count). The van der Waals surface area contributed by atoms with E-state index in [9.17, 15) is 0 Å². The smallest absolute Gasteiger partial charge is 0.107 e. The highest BCUT2D eigenvalue weighted by Crippen LogP contribution is 2.11. The number of hydrogen-bond donors (Lipinski definition) is 2. The first-order chi connectivity index (χ1) is 13.2. The van der Waals surface area contributed by atoms with Gasteiger partial charge in [-0.3, -0.25) is 0 Å². The van der Waals surface area contributed by atoms with Crippen molar-refractivity contribution < 1.29 is 0 Å². The number of hydrogen-bond acceptors (Lipinski definition) is 2. The van der Waals surface area contributed by atoms with Crippen LogP contribution in [0.3, 0.4) is 0 Å². The van der Waals surface area contributed by atoms with Gasteiger partial charge in [-0.05, 0) is 49.9 Å². The molecule has 0 saturated carbocycles. The molecule has 0 spiro atoms. The fourth-order valence-corrected chi connectivity index (χ4v) is 2.68. The first-order valence-electron chi connectivity index (χ1n) is 9.04. The van der Waals surface area contributed by atoms with Crippen LogP contribution in [0, 0.1) is 6.92 Å². The van der Waals surface area contributed by atoms with E-state index in [1.807, 2.05) is 55.5 Å². The third-order valence-corrected chi connectivity index (χ3v) is 4.47. The highest BCUT2D eigenvalue weighted by molar-refractivity contribution is 7.16. The van der Waals surface area contributed by atoms with Gasteiger partial charge < -0.3 is 9.97 Å². The summed E-state index contributed by atoms with van der Waals surface area (Å²) in [5, 5.41) is 0. The van der Waals surface area contributed by atoms with Crippen molar-refractivity contribution in [3.8, 4) is 0 Å². The monoisotopic (exact) mass is 462 g/mol. The third-order valence-electron chi connectivity index (χ3n) is 3.73. The standard InChI is InChI=1S/C10H13N2P.C8H8N2.C3H7P.4CH4/c13-7-3-6-10-11-8-4-1-2-5-9(8)12-10;1-6-9-7-4-2-3-5-8(7)10-6;1-2-3-4;;;;/h1-2,4-5H,3,6-7,13H2,(H,11,12);2-5H,1H3,(H,9,10);2H,1,3-4H2;4*1H4. The van der Waals surface area contributed by atoms with Crippen molar-refractivity contribution in [1.82, 2.24) is 19.9 Å². The second-order valence-electron chi connectivity index (χ2n) is 5.96.